The van der Waals surface area contributed by atoms with Crippen LogP contribution in [0.3, 0.4) is 0 Å². The predicted octanol–water partition coefficient (Wildman–Crippen LogP) is 12.9. The van der Waals surface area contributed by atoms with E-state index in [4.69, 9.17) is 0 Å². The summed E-state index contributed by atoms with van der Waals surface area (Å²) in [5, 5.41) is 24.5. The first-order valence-corrected chi connectivity index (χ1v) is 21.6. The van der Waals surface area contributed by atoms with Crippen molar-refractivity contribution in [2.75, 3.05) is 0 Å². The Kier molecular flexibility index (Phi) is 9.69. The van der Waals surface area contributed by atoms with Crippen LogP contribution in [-0.4, -0.2) is 39.0 Å². The number of benzene rings is 7. The lowest BCUT2D eigenvalue weighted by molar-refractivity contribution is -0.137. The van der Waals surface area contributed by atoms with Crippen LogP contribution in [0.2, 0.25) is 0 Å². The second kappa shape index (κ2) is 15.8. The van der Waals surface area contributed by atoms with Gasteiger partial charge in [-0.3, -0.25) is 0 Å². The number of alkyl halides is 3. The van der Waals surface area contributed by atoms with Crippen LogP contribution in [0.25, 0.3) is 100 Å². The maximum Gasteiger partial charge on any atom is 0.416 e. The standard InChI is InChI=1S/C55H35F3N10/c1-30-61-31(2)64-53(63-30)36-15-21-49-45(25-36)41-9-5-7-11-47(41)67(49)51-23-34(28-59)13-18-43(51)44-19-14-35(40-20-17-39(55(56,57)58)24-38(40)29-60)27-52(44)68-48-12-8-6-10-42(48)46-26-37(16-22-50(46)68)54-65-32(3)62-33(4)66-54/h5-27H,1-4H3. The third-order valence-electron chi connectivity index (χ3n) is 12.3. The van der Waals surface area contributed by atoms with E-state index in [2.05, 4.69) is 63.3 Å². The number of halogens is 3. The lowest BCUT2D eigenvalue weighted by Gasteiger charge is -2.20. The van der Waals surface area contributed by atoms with Crippen LogP contribution >= 0.6 is 0 Å². The number of aromatic nitrogens is 8. The largest absolute Gasteiger partial charge is 0.416 e. The molecule has 4 aromatic heterocycles. The normalized spacial score (nSPS) is 11.7. The van der Waals surface area contributed by atoms with Gasteiger partial charge in [0.25, 0.3) is 0 Å². The Morgan fingerprint density at radius 2 is 0.882 bits per heavy atom. The Labute approximate surface area is 386 Å². The van der Waals surface area contributed by atoms with E-state index in [1.54, 1.807) is 6.07 Å². The van der Waals surface area contributed by atoms with Gasteiger partial charge in [-0.15, -0.1) is 0 Å². The first-order chi connectivity index (χ1) is 32.9. The van der Waals surface area contributed by atoms with Gasteiger partial charge in [0, 0.05) is 43.8 Å². The zero-order chi connectivity index (χ0) is 47.0. The Morgan fingerprint density at radius 1 is 0.426 bits per heavy atom. The summed E-state index contributed by atoms with van der Waals surface area (Å²) in [4.78, 5) is 27.4. The zero-order valence-corrected chi connectivity index (χ0v) is 36.9. The van der Waals surface area contributed by atoms with E-state index in [-0.39, 0.29) is 5.56 Å². The van der Waals surface area contributed by atoms with E-state index < -0.39 is 11.7 Å². The van der Waals surface area contributed by atoms with Crippen LogP contribution in [0.4, 0.5) is 13.2 Å². The molecule has 0 radical (unpaired) electrons. The quantitative estimate of drug-likeness (QED) is 0.161. The average Bonchev–Trinajstić information content (AvgIpc) is 3.84. The highest BCUT2D eigenvalue weighted by atomic mass is 19.4. The highest BCUT2D eigenvalue weighted by Gasteiger charge is 2.31. The van der Waals surface area contributed by atoms with Gasteiger partial charge in [-0.05, 0) is 118 Å². The topological polar surface area (TPSA) is 135 Å². The molecule has 0 aliphatic rings. The number of rotatable bonds is 6. The van der Waals surface area contributed by atoms with Crippen molar-refractivity contribution in [2.24, 2.45) is 0 Å². The molecule has 11 aromatic rings. The van der Waals surface area contributed by atoms with E-state index in [9.17, 15) is 23.7 Å². The van der Waals surface area contributed by atoms with Crippen molar-refractivity contribution in [3.63, 3.8) is 0 Å². The minimum absolute atomic E-state index is 0.112. The van der Waals surface area contributed by atoms with E-state index in [0.717, 1.165) is 83.7 Å². The lowest BCUT2D eigenvalue weighted by Crippen LogP contribution is -2.05. The summed E-state index contributed by atoms with van der Waals surface area (Å²) in [7, 11) is 0. The van der Waals surface area contributed by atoms with Gasteiger partial charge in [-0.1, -0.05) is 60.7 Å². The van der Waals surface area contributed by atoms with Crippen molar-refractivity contribution in [2.45, 2.75) is 33.9 Å². The van der Waals surface area contributed by atoms with Crippen LogP contribution in [-0.2, 0) is 6.18 Å². The summed E-state index contributed by atoms with van der Waals surface area (Å²) in [6.45, 7) is 7.35. The monoisotopic (exact) mass is 892 g/mol. The van der Waals surface area contributed by atoms with Gasteiger partial charge in [-0.2, -0.15) is 23.7 Å². The molecule has 0 amide bonds. The van der Waals surface area contributed by atoms with Gasteiger partial charge in [-0.25, -0.2) is 29.9 Å². The van der Waals surface area contributed by atoms with Gasteiger partial charge >= 0.3 is 6.18 Å². The van der Waals surface area contributed by atoms with Crippen molar-refractivity contribution >= 4 is 43.6 Å². The Bertz CT molecular complexity index is 3960. The van der Waals surface area contributed by atoms with E-state index in [0.29, 0.717) is 57.3 Å². The molecule has 0 bridgehead atoms. The highest BCUT2D eigenvalue weighted by molar-refractivity contribution is 6.12. The molecule has 13 heteroatoms. The van der Waals surface area contributed by atoms with Crippen molar-refractivity contribution < 1.29 is 13.2 Å². The minimum Gasteiger partial charge on any atom is -0.309 e. The lowest BCUT2D eigenvalue weighted by atomic mass is 9.93. The SMILES string of the molecule is Cc1nc(C)nc(-c2ccc3c(c2)c2ccccc2n3-c2cc(C#N)ccc2-c2ccc(-c3ccc(C(F)(F)F)cc3C#N)cc2-n2c3ccccc3c3cc(-c4nc(C)nc(C)n4)ccc32)n1. The Hall–Kier alpha value is -9.07. The number of nitrogens with zero attached hydrogens (tertiary/aromatic N) is 10. The highest BCUT2D eigenvalue weighted by Crippen LogP contribution is 2.44. The Balaban J connectivity index is 1.21. The van der Waals surface area contributed by atoms with Crippen LogP contribution in [0, 0.1) is 50.4 Å². The molecule has 11 rings (SSSR count). The molecule has 0 fully saturated rings. The van der Waals surface area contributed by atoms with E-state index in [1.807, 2.05) is 131 Å². The summed E-state index contributed by atoms with van der Waals surface area (Å²) in [6.07, 6.45) is -4.63. The fourth-order valence-corrected chi connectivity index (χ4v) is 9.42. The molecule has 0 unspecified atom stereocenters. The molecule has 0 aliphatic heterocycles. The van der Waals surface area contributed by atoms with E-state index in [1.165, 1.54) is 6.07 Å². The van der Waals surface area contributed by atoms with Crippen LogP contribution in [0.5, 0.6) is 0 Å². The van der Waals surface area contributed by atoms with Crippen molar-refractivity contribution in [3.8, 4) is 68.5 Å². The van der Waals surface area contributed by atoms with Gasteiger partial charge in [0.05, 0.1) is 62.3 Å². The molecule has 10 nitrogen and oxygen atoms in total. The Morgan fingerprint density at radius 3 is 1.38 bits per heavy atom. The molecule has 0 aliphatic carbocycles. The second-order valence-corrected chi connectivity index (χ2v) is 16.6. The smallest absolute Gasteiger partial charge is 0.309 e. The fourth-order valence-electron chi connectivity index (χ4n) is 9.42. The molecule has 0 spiro atoms. The fraction of sp³-hybridized carbons (Fsp3) is 0.0909. The summed E-state index contributed by atoms with van der Waals surface area (Å²) >= 11 is 0. The average molecular weight is 893 g/mol. The molecule has 4 heterocycles. The first kappa shape index (κ1) is 41.6. The second-order valence-electron chi connectivity index (χ2n) is 16.6. The third kappa shape index (κ3) is 6.96. The summed E-state index contributed by atoms with van der Waals surface area (Å²) in [6, 6.07) is 47.2. The van der Waals surface area contributed by atoms with E-state index >= 15 is 0 Å². The van der Waals surface area contributed by atoms with Crippen molar-refractivity contribution in [1.82, 2.24) is 39.0 Å². The van der Waals surface area contributed by atoms with Crippen molar-refractivity contribution in [1.29, 1.82) is 10.5 Å². The minimum atomic E-state index is -4.63. The third-order valence-corrected chi connectivity index (χ3v) is 12.3. The zero-order valence-electron chi connectivity index (χ0n) is 36.9. The molecule has 0 N–H and O–H groups in total. The number of aryl methyl sites for hydroxylation is 4. The number of para-hydroxylation sites is 2. The maximum absolute atomic E-state index is 14.0. The maximum atomic E-state index is 14.0. The van der Waals surface area contributed by atoms with Gasteiger partial charge < -0.3 is 9.13 Å². The molecular weight excluding hydrogens is 858 g/mol. The number of hydrogen-bond acceptors (Lipinski definition) is 8. The van der Waals surface area contributed by atoms with Crippen LogP contribution in [0.1, 0.15) is 40.0 Å². The number of nitriles is 2. The number of hydrogen-bond donors (Lipinski definition) is 0. The number of fused-ring (bicyclic) bond motifs is 6. The van der Waals surface area contributed by atoms with Crippen molar-refractivity contribution in [3.05, 3.63) is 180 Å². The molecule has 0 atom stereocenters. The molecule has 0 saturated heterocycles. The summed E-state index contributed by atoms with van der Waals surface area (Å²) < 4.78 is 46.2. The van der Waals surface area contributed by atoms with Crippen LogP contribution in [0.15, 0.2) is 140 Å². The molecular formula is C55H35F3N10. The molecule has 68 heavy (non-hydrogen) atoms. The summed E-state index contributed by atoms with van der Waals surface area (Å²) in [5.74, 6) is 3.55. The predicted molar refractivity (Wildman–Crippen MR) is 257 cm³/mol. The molecule has 0 saturated carbocycles. The summed E-state index contributed by atoms with van der Waals surface area (Å²) in [5.41, 5.74) is 8.35. The molecule has 326 valence electrons. The van der Waals surface area contributed by atoms with Gasteiger partial charge in [0.2, 0.25) is 0 Å². The molecule has 7 aromatic carbocycles. The van der Waals surface area contributed by atoms with Gasteiger partial charge in [0.15, 0.2) is 11.6 Å². The van der Waals surface area contributed by atoms with Gasteiger partial charge in [0.1, 0.15) is 23.3 Å². The first-order valence-electron chi connectivity index (χ1n) is 21.6. The van der Waals surface area contributed by atoms with Crippen LogP contribution < -0.4 is 0 Å².